The molecule has 45 heavy (non-hydrogen) atoms. The Balaban J connectivity index is 1.49. The lowest BCUT2D eigenvalue weighted by atomic mass is 9.73. The average molecular weight is 595 g/mol. The molecule has 5 heteroatoms. The minimum Gasteiger partial charge on any atom is -0.310 e. The molecular formula is C40H40N3O2+. The fraction of sp³-hybridized carbons (Fsp3) is 0.225. The monoisotopic (exact) mass is 594 g/mol. The maximum Gasteiger partial charge on any atom is 0.269 e. The first kappa shape index (κ1) is 30.0. The van der Waals surface area contributed by atoms with Gasteiger partial charge in [-0.2, -0.15) is 4.58 Å². The van der Waals surface area contributed by atoms with Gasteiger partial charge < -0.3 is 4.90 Å². The molecule has 5 aromatic rings. The molecule has 6 rings (SSSR count). The lowest BCUT2D eigenvalue weighted by Crippen LogP contribution is -2.25. The zero-order valence-corrected chi connectivity index (χ0v) is 26.7. The van der Waals surface area contributed by atoms with E-state index in [4.69, 9.17) is 0 Å². The molecule has 0 aliphatic heterocycles. The summed E-state index contributed by atoms with van der Waals surface area (Å²) < 4.78 is 2.17. The molecule has 0 heterocycles. The number of nitro benzene ring substituents is 1. The van der Waals surface area contributed by atoms with E-state index in [0.29, 0.717) is 0 Å². The van der Waals surface area contributed by atoms with Gasteiger partial charge in [-0.05, 0) is 83.6 Å². The van der Waals surface area contributed by atoms with E-state index < -0.39 is 0 Å². The Hall–Kier alpha value is -5.03. The second-order valence-corrected chi connectivity index (χ2v) is 12.2. The Morgan fingerprint density at radius 3 is 1.71 bits per heavy atom. The number of hydrogen-bond donors (Lipinski definition) is 0. The van der Waals surface area contributed by atoms with E-state index in [1.165, 1.54) is 33.5 Å². The Bertz CT molecular complexity index is 1830. The van der Waals surface area contributed by atoms with E-state index in [1.54, 1.807) is 12.1 Å². The summed E-state index contributed by atoms with van der Waals surface area (Å²) >= 11 is 0. The fourth-order valence-corrected chi connectivity index (χ4v) is 7.25. The van der Waals surface area contributed by atoms with Crippen molar-refractivity contribution < 1.29 is 9.50 Å². The third kappa shape index (κ3) is 5.22. The van der Waals surface area contributed by atoms with Gasteiger partial charge in [-0.1, -0.05) is 76.2 Å². The highest BCUT2D eigenvalue weighted by Crippen LogP contribution is 2.54. The summed E-state index contributed by atoms with van der Waals surface area (Å²) in [5.41, 5.74) is 12.0. The van der Waals surface area contributed by atoms with Crippen LogP contribution in [0.4, 0.5) is 28.4 Å². The number of nitrogens with zero attached hydrogens (tertiary/aromatic N) is 3. The first-order valence-electron chi connectivity index (χ1n) is 15.8. The van der Waals surface area contributed by atoms with Crippen LogP contribution in [-0.4, -0.2) is 22.3 Å². The molecule has 0 atom stereocenters. The predicted molar refractivity (Wildman–Crippen MR) is 186 cm³/mol. The summed E-state index contributed by atoms with van der Waals surface area (Å²) in [5.74, 6) is 0.238. The number of fused-ring (bicyclic) bond motifs is 3. The van der Waals surface area contributed by atoms with Crippen LogP contribution in [0.25, 0.3) is 11.1 Å². The summed E-state index contributed by atoms with van der Waals surface area (Å²) in [6, 6.07) is 41.9. The lowest BCUT2D eigenvalue weighted by molar-refractivity contribution is -0.407. The first-order chi connectivity index (χ1) is 21.8. The molecule has 0 aromatic heterocycles. The molecule has 1 aliphatic carbocycles. The summed E-state index contributed by atoms with van der Waals surface area (Å²) in [6.07, 6.45) is 1.98. The number of para-hydroxylation sites is 2. The van der Waals surface area contributed by atoms with Gasteiger partial charge in [0.15, 0.2) is 5.71 Å². The highest BCUT2D eigenvalue weighted by molar-refractivity contribution is 6.00. The number of benzene rings is 5. The minimum absolute atomic E-state index is 0.0988. The third-order valence-electron chi connectivity index (χ3n) is 9.49. The lowest BCUT2D eigenvalue weighted by Gasteiger charge is -2.32. The van der Waals surface area contributed by atoms with Crippen molar-refractivity contribution in [2.75, 3.05) is 11.9 Å². The van der Waals surface area contributed by atoms with E-state index in [-0.39, 0.29) is 21.9 Å². The van der Waals surface area contributed by atoms with Crippen molar-refractivity contribution in [2.45, 2.75) is 46.0 Å². The molecule has 0 saturated carbocycles. The minimum atomic E-state index is -0.353. The van der Waals surface area contributed by atoms with Crippen molar-refractivity contribution in [3.8, 4) is 11.1 Å². The summed E-state index contributed by atoms with van der Waals surface area (Å²) in [4.78, 5) is 13.2. The first-order valence-corrected chi connectivity index (χ1v) is 15.8. The van der Waals surface area contributed by atoms with Crippen LogP contribution in [0, 0.1) is 16.0 Å². The second-order valence-electron chi connectivity index (χ2n) is 12.2. The number of rotatable bonds is 9. The van der Waals surface area contributed by atoms with Crippen LogP contribution in [0.3, 0.4) is 0 Å². The topological polar surface area (TPSA) is 49.4 Å². The van der Waals surface area contributed by atoms with Crippen LogP contribution < -0.4 is 4.90 Å². The van der Waals surface area contributed by atoms with E-state index in [2.05, 4.69) is 141 Å². The Labute approximate surface area is 266 Å². The smallest absolute Gasteiger partial charge is 0.269 e. The van der Waals surface area contributed by atoms with E-state index >= 15 is 0 Å². The molecule has 226 valence electrons. The summed E-state index contributed by atoms with van der Waals surface area (Å²) in [6.45, 7) is 9.04. The summed E-state index contributed by atoms with van der Waals surface area (Å²) in [5, 5.41) is 11.3. The predicted octanol–water partition coefficient (Wildman–Crippen LogP) is 10.6. The molecule has 0 amide bonds. The maximum absolute atomic E-state index is 11.3. The normalized spacial score (nSPS) is 13.6. The van der Waals surface area contributed by atoms with Crippen molar-refractivity contribution in [1.29, 1.82) is 0 Å². The zero-order valence-electron chi connectivity index (χ0n) is 26.7. The zero-order chi connectivity index (χ0) is 31.7. The molecule has 0 N–H and O–H groups in total. The molecule has 0 radical (unpaired) electrons. The number of nitro groups is 1. The molecule has 1 aliphatic rings. The molecule has 5 nitrogen and oxygen atoms in total. The van der Waals surface area contributed by atoms with Gasteiger partial charge in [-0.25, -0.2) is 0 Å². The van der Waals surface area contributed by atoms with Crippen molar-refractivity contribution in [1.82, 2.24) is 0 Å². The molecule has 0 saturated heterocycles. The van der Waals surface area contributed by atoms with Gasteiger partial charge in [0, 0.05) is 58.2 Å². The van der Waals surface area contributed by atoms with Crippen LogP contribution in [0.1, 0.15) is 57.2 Å². The molecule has 0 unspecified atom stereocenters. The number of anilines is 3. The van der Waals surface area contributed by atoms with Gasteiger partial charge in [-0.15, -0.1) is 0 Å². The van der Waals surface area contributed by atoms with Crippen LogP contribution in [0.5, 0.6) is 0 Å². The highest BCUT2D eigenvalue weighted by Gasteiger charge is 2.41. The van der Waals surface area contributed by atoms with Crippen molar-refractivity contribution >= 4 is 34.1 Å². The third-order valence-corrected chi connectivity index (χ3v) is 9.49. The van der Waals surface area contributed by atoms with Gasteiger partial charge >= 0.3 is 0 Å². The molecule has 0 bridgehead atoms. The quantitative estimate of drug-likeness (QED) is 0.0738. The standard InChI is InChI=1S/C40H40N3O2/c1-6-40(7-2)37-26-29(39(28(3)4)41(5)30-19-21-33(22-20-30)43(44)45)18-24-35(37)36-25-23-34(27-38(36)40)42(31-14-10-8-11-15-31)32-16-12-9-13-17-32/h8-28H,6-7H2,1-5H3/q+1. The second kappa shape index (κ2) is 12.2. The largest absolute Gasteiger partial charge is 0.310 e. The van der Waals surface area contributed by atoms with Crippen molar-refractivity contribution in [3.63, 3.8) is 0 Å². The van der Waals surface area contributed by atoms with E-state index in [0.717, 1.165) is 35.6 Å². The Morgan fingerprint density at radius 1 is 0.689 bits per heavy atom. The fourth-order valence-electron chi connectivity index (χ4n) is 7.25. The van der Waals surface area contributed by atoms with E-state index in [1.807, 2.05) is 12.1 Å². The van der Waals surface area contributed by atoms with Crippen molar-refractivity contribution in [3.05, 3.63) is 148 Å². The van der Waals surface area contributed by atoms with Gasteiger partial charge in [0.2, 0.25) is 5.69 Å². The van der Waals surface area contributed by atoms with Gasteiger partial charge in [0.05, 0.1) is 4.92 Å². The van der Waals surface area contributed by atoms with Gasteiger partial charge in [0.1, 0.15) is 7.05 Å². The van der Waals surface area contributed by atoms with Gasteiger partial charge in [0.25, 0.3) is 5.69 Å². The van der Waals surface area contributed by atoms with Crippen LogP contribution >= 0.6 is 0 Å². The number of hydrogen-bond acceptors (Lipinski definition) is 3. The highest BCUT2D eigenvalue weighted by atomic mass is 16.6. The SMILES string of the molecule is CCC1(CC)c2cc(C(C(C)C)=[N+](C)c3ccc([N+](=O)[O-])cc3)ccc2-c2ccc(N(c3ccccc3)c3ccccc3)cc21. The van der Waals surface area contributed by atoms with Crippen LogP contribution in [-0.2, 0) is 5.41 Å². The average Bonchev–Trinajstić information content (AvgIpc) is 3.34. The molecule has 5 aromatic carbocycles. The van der Waals surface area contributed by atoms with Crippen molar-refractivity contribution in [2.24, 2.45) is 5.92 Å². The van der Waals surface area contributed by atoms with Crippen LogP contribution in [0.15, 0.2) is 121 Å². The molecule has 0 fully saturated rings. The number of non-ortho nitro benzene ring substituents is 1. The maximum atomic E-state index is 11.3. The Kier molecular flexibility index (Phi) is 8.11. The summed E-state index contributed by atoms with van der Waals surface area (Å²) in [7, 11) is 2.05. The van der Waals surface area contributed by atoms with Crippen LogP contribution in [0.2, 0.25) is 0 Å². The van der Waals surface area contributed by atoms with E-state index in [9.17, 15) is 10.1 Å². The van der Waals surface area contributed by atoms with Gasteiger partial charge in [-0.3, -0.25) is 10.1 Å². The molecular weight excluding hydrogens is 554 g/mol. The molecule has 0 spiro atoms. The Morgan fingerprint density at radius 2 is 1.20 bits per heavy atom.